The number of rotatable bonds is 6. The van der Waals surface area contributed by atoms with E-state index in [-0.39, 0.29) is 24.2 Å². The molecule has 6 heteroatoms. The number of benzene rings is 1. The Labute approximate surface area is 130 Å². The Morgan fingerprint density at radius 1 is 1.19 bits per heavy atom. The molecule has 0 aliphatic carbocycles. The first kappa shape index (κ1) is 17.5. The molecule has 1 rings (SSSR count). The van der Waals surface area contributed by atoms with E-state index in [2.05, 4.69) is 0 Å². The van der Waals surface area contributed by atoms with Crippen molar-refractivity contribution in [3.8, 4) is 0 Å². The average molecular weight is 313 g/mol. The second-order valence-electron chi connectivity index (χ2n) is 4.62. The molecule has 1 aromatic carbocycles. The summed E-state index contributed by atoms with van der Waals surface area (Å²) in [6.07, 6.45) is 0. The van der Waals surface area contributed by atoms with Crippen LogP contribution in [0, 0.1) is 13.8 Å². The van der Waals surface area contributed by atoms with Crippen LogP contribution in [0.4, 0.5) is 5.69 Å². The second-order valence-corrected chi connectivity index (χ2v) is 4.89. The van der Waals surface area contributed by atoms with Crippen molar-refractivity contribution in [2.45, 2.75) is 20.8 Å². The molecule has 0 aliphatic heterocycles. The Morgan fingerprint density at radius 3 is 2.19 bits per heavy atom. The van der Waals surface area contributed by atoms with Gasteiger partial charge < -0.3 is 4.90 Å². The standard InChI is InChI=1S/C15H21ClN2O3/c1-5-18(21-4)14(20)10-17(13(19)9-16)15-11(2)7-6-8-12(15)3/h6-8H,5,9-10H2,1-4H3. The van der Waals surface area contributed by atoms with Gasteiger partial charge in [-0.25, -0.2) is 5.06 Å². The minimum Gasteiger partial charge on any atom is -0.301 e. The van der Waals surface area contributed by atoms with E-state index in [1.54, 1.807) is 6.92 Å². The Bertz CT molecular complexity index is 495. The van der Waals surface area contributed by atoms with Crippen molar-refractivity contribution in [1.82, 2.24) is 5.06 Å². The third kappa shape index (κ3) is 4.19. The first-order valence-corrected chi connectivity index (χ1v) is 7.26. The van der Waals surface area contributed by atoms with Gasteiger partial charge in [0.15, 0.2) is 0 Å². The van der Waals surface area contributed by atoms with Gasteiger partial charge in [0.1, 0.15) is 12.4 Å². The predicted molar refractivity (Wildman–Crippen MR) is 83.4 cm³/mol. The molecular weight excluding hydrogens is 292 g/mol. The molecule has 0 spiro atoms. The number of alkyl halides is 1. The minimum absolute atomic E-state index is 0.0983. The third-order valence-electron chi connectivity index (χ3n) is 3.20. The molecule has 116 valence electrons. The van der Waals surface area contributed by atoms with Gasteiger partial charge in [0.2, 0.25) is 5.91 Å². The molecule has 0 bridgehead atoms. The molecular formula is C15H21ClN2O3. The molecule has 5 nitrogen and oxygen atoms in total. The van der Waals surface area contributed by atoms with E-state index in [1.807, 2.05) is 32.0 Å². The van der Waals surface area contributed by atoms with E-state index < -0.39 is 0 Å². The summed E-state index contributed by atoms with van der Waals surface area (Å²) in [6.45, 7) is 5.91. The number of anilines is 1. The molecule has 0 N–H and O–H groups in total. The van der Waals surface area contributed by atoms with Gasteiger partial charge in [0, 0.05) is 6.54 Å². The Morgan fingerprint density at radius 2 is 1.76 bits per heavy atom. The van der Waals surface area contributed by atoms with E-state index in [1.165, 1.54) is 17.1 Å². The number of amides is 2. The maximum atomic E-state index is 12.2. The van der Waals surface area contributed by atoms with Crippen molar-refractivity contribution in [3.63, 3.8) is 0 Å². The molecule has 2 amide bonds. The van der Waals surface area contributed by atoms with Gasteiger partial charge in [-0.15, -0.1) is 11.6 Å². The molecule has 21 heavy (non-hydrogen) atoms. The zero-order chi connectivity index (χ0) is 16.0. The monoisotopic (exact) mass is 312 g/mol. The highest BCUT2D eigenvalue weighted by Crippen LogP contribution is 2.25. The number of likely N-dealkylation sites (N-methyl/N-ethyl adjacent to an activating group) is 1. The van der Waals surface area contributed by atoms with Gasteiger partial charge in [-0.1, -0.05) is 18.2 Å². The highest BCUT2D eigenvalue weighted by Gasteiger charge is 2.23. The van der Waals surface area contributed by atoms with E-state index >= 15 is 0 Å². The molecule has 0 aliphatic rings. The van der Waals surface area contributed by atoms with Crippen LogP contribution in [0.5, 0.6) is 0 Å². The number of hydrogen-bond donors (Lipinski definition) is 0. The number of hydroxylamine groups is 2. The fourth-order valence-electron chi connectivity index (χ4n) is 2.22. The lowest BCUT2D eigenvalue weighted by Crippen LogP contribution is -2.43. The zero-order valence-corrected chi connectivity index (χ0v) is 13.6. The summed E-state index contributed by atoms with van der Waals surface area (Å²) in [4.78, 5) is 30.7. The van der Waals surface area contributed by atoms with Crippen LogP contribution >= 0.6 is 11.6 Å². The second kappa shape index (κ2) is 8.00. The average Bonchev–Trinajstić information content (AvgIpc) is 2.46. The third-order valence-corrected chi connectivity index (χ3v) is 3.43. The van der Waals surface area contributed by atoms with Crippen LogP contribution in [-0.4, -0.2) is 43.0 Å². The lowest BCUT2D eigenvalue weighted by molar-refractivity contribution is -0.173. The maximum Gasteiger partial charge on any atom is 0.266 e. The number of para-hydroxylation sites is 1. The van der Waals surface area contributed by atoms with Gasteiger partial charge in [-0.05, 0) is 31.9 Å². The Balaban J connectivity index is 3.13. The van der Waals surface area contributed by atoms with Gasteiger partial charge in [0.05, 0.1) is 12.8 Å². The lowest BCUT2D eigenvalue weighted by Gasteiger charge is -2.27. The number of carbonyl (C=O) groups excluding carboxylic acids is 2. The summed E-state index contributed by atoms with van der Waals surface area (Å²) in [6, 6.07) is 5.71. The largest absolute Gasteiger partial charge is 0.301 e. The number of halogens is 1. The summed E-state index contributed by atoms with van der Waals surface area (Å²) in [5.41, 5.74) is 2.56. The number of aryl methyl sites for hydroxylation is 2. The number of hydrogen-bond acceptors (Lipinski definition) is 3. The quantitative estimate of drug-likeness (QED) is 0.598. The van der Waals surface area contributed by atoms with Crippen LogP contribution in [0.2, 0.25) is 0 Å². The first-order valence-electron chi connectivity index (χ1n) is 6.73. The molecule has 0 unspecified atom stereocenters. The fraction of sp³-hybridized carbons (Fsp3) is 0.467. The van der Waals surface area contributed by atoms with Gasteiger partial charge in [0.25, 0.3) is 5.91 Å². The van der Waals surface area contributed by atoms with Gasteiger partial charge in [-0.2, -0.15) is 0 Å². The molecule has 0 heterocycles. The molecule has 0 fully saturated rings. The minimum atomic E-state index is -0.311. The summed E-state index contributed by atoms with van der Waals surface area (Å²) in [7, 11) is 1.42. The molecule has 0 radical (unpaired) electrons. The number of carbonyl (C=O) groups is 2. The van der Waals surface area contributed by atoms with E-state index in [9.17, 15) is 9.59 Å². The van der Waals surface area contributed by atoms with E-state index in [0.29, 0.717) is 6.54 Å². The maximum absolute atomic E-state index is 12.2. The van der Waals surface area contributed by atoms with E-state index in [4.69, 9.17) is 16.4 Å². The van der Waals surface area contributed by atoms with Crippen LogP contribution in [0.1, 0.15) is 18.1 Å². The van der Waals surface area contributed by atoms with Crippen LogP contribution in [0.15, 0.2) is 18.2 Å². The summed E-state index contributed by atoms with van der Waals surface area (Å²) >= 11 is 5.68. The lowest BCUT2D eigenvalue weighted by atomic mass is 10.1. The van der Waals surface area contributed by atoms with E-state index in [0.717, 1.165) is 16.8 Å². The van der Waals surface area contributed by atoms with Crippen molar-refractivity contribution >= 4 is 29.1 Å². The van der Waals surface area contributed by atoms with Crippen LogP contribution in [0.3, 0.4) is 0 Å². The van der Waals surface area contributed by atoms with Crippen molar-refractivity contribution in [2.24, 2.45) is 0 Å². The van der Waals surface area contributed by atoms with Crippen molar-refractivity contribution < 1.29 is 14.4 Å². The highest BCUT2D eigenvalue weighted by molar-refractivity contribution is 6.29. The number of nitrogens with zero attached hydrogens (tertiary/aromatic N) is 2. The highest BCUT2D eigenvalue weighted by atomic mass is 35.5. The first-order chi connectivity index (χ1) is 9.96. The molecule has 0 saturated carbocycles. The summed E-state index contributed by atoms with van der Waals surface area (Å²) in [5, 5.41) is 1.21. The van der Waals surface area contributed by atoms with Gasteiger partial charge >= 0.3 is 0 Å². The van der Waals surface area contributed by atoms with Crippen LogP contribution in [-0.2, 0) is 14.4 Å². The Hall–Kier alpha value is -1.59. The summed E-state index contributed by atoms with van der Waals surface area (Å²) < 4.78 is 0. The van der Waals surface area contributed by atoms with Crippen LogP contribution in [0.25, 0.3) is 0 Å². The van der Waals surface area contributed by atoms with Crippen molar-refractivity contribution in [2.75, 3.05) is 31.0 Å². The predicted octanol–water partition coefficient (Wildman–Crippen LogP) is 2.29. The molecule has 0 aromatic heterocycles. The smallest absolute Gasteiger partial charge is 0.266 e. The van der Waals surface area contributed by atoms with Crippen molar-refractivity contribution in [1.29, 1.82) is 0 Å². The molecule has 0 atom stereocenters. The Kier molecular flexibility index (Phi) is 6.65. The van der Waals surface area contributed by atoms with Crippen LogP contribution < -0.4 is 4.90 Å². The molecule has 0 saturated heterocycles. The van der Waals surface area contributed by atoms with Crippen molar-refractivity contribution in [3.05, 3.63) is 29.3 Å². The fourth-order valence-corrected chi connectivity index (χ4v) is 2.36. The SMILES string of the molecule is CCN(OC)C(=O)CN(C(=O)CCl)c1c(C)cccc1C. The van der Waals surface area contributed by atoms with Gasteiger partial charge in [-0.3, -0.25) is 14.4 Å². The zero-order valence-electron chi connectivity index (χ0n) is 12.9. The summed E-state index contributed by atoms with van der Waals surface area (Å²) in [5.74, 6) is -0.782. The topological polar surface area (TPSA) is 49.9 Å². The normalized spacial score (nSPS) is 10.3. The molecule has 1 aromatic rings.